The van der Waals surface area contributed by atoms with Crippen molar-refractivity contribution >= 4 is 24.0 Å². The third-order valence-corrected chi connectivity index (χ3v) is 3.81. The molecule has 1 aliphatic rings. The summed E-state index contributed by atoms with van der Waals surface area (Å²) in [4.78, 5) is 36.7. The summed E-state index contributed by atoms with van der Waals surface area (Å²) in [7, 11) is 0. The minimum absolute atomic E-state index is 0.0988. The summed E-state index contributed by atoms with van der Waals surface area (Å²) >= 11 is 0. The first-order valence-corrected chi connectivity index (χ1v) is 9.04. The monoisotopic (exact) mass is 406 g/mol. The maximum Gasteiger partial charge on any atom is 0.366 e. The number of aliphatic hydroxyl groups is 1. The predicted molar refractivity (Wildman–Crippen MR) is 103 cm³/mol. The molecule has 29 heavy (non-hydrogen) atoms. The van der Waals surface area contributed by atoms with E-state index in [1.54, 1.807) is 41.5 Å². The van der Waals surface area contributed by atoms with E-state index in [1.165, 1.54) is 24.3 Å². The minimum Gasteiger partial charge on any atom is -0.478 e. The molecule has 0 bridgehead atoms. The number of aliphatic carboxylic acids is 1. The van der Waals surface area contributed by atoms with Gasteiger partial charge in [-0.2, -0.15) is 0 Å². The lowest BCUT2D eigenvalue weighted by atomic mass is 9.92. The van der Waals surface area contributed by atoms with Gasteiger partial charge in [-0.3, -0.25) is 0 Å². The topological polar surface area (TPSA) is 119 Å². The lowest BCUT2D eigenvalue weighted by Gasteiger charge is -2.33. The maximum atomic E-state index is 13.0. The molecule has 1 aromatic carbocycles. The fraction of sp³-hybridized carbons (Fsp3) is 0.476. The molecule has 0 saturated heterocycles. The second kappa shape index (κ2) is 7.51. The summed E-state index contributed by atoms with van der Waals surface area (Å²) in [5.74, 6) is -3.20. The summed E-state index contributed by atoms with van der Waals surface area (Å²) in [6, 6.07) is 4.41. The number of hydrogen-bond donors (Lipinski definition) is 2. The fourth-order valence-electron chi connectivity index (χ4n) is 2.69. The summed E-state index contributed by atoms with van der Waals surface area (Å²) < 4.78 is 16.4. The molecule has 1 unspecified atom stereocenters. The Bertz CT molecular complexity index is 826. The number of carboxylic acids is 1. The molecule has 0 aliphatic carbocycles. The highest BCUT2D eigenvalue weighted by atomic mass is 16.6. The summed E-state index contributed by atoms with van der Waals surface area (Å²) in [6.45, 7) is 9.73. The lowest BCUT2D eigenvalue weighted by Crippen LogP contribution is -2.57. The molecule has 0 amide bonds. The van der Waals surface area contributed by atoms with Gasteiger partial charge in [0.25, 0.3) is 0 Å². The highest BCUT2D eigenvalue weighted by Crippen LogP contribution is 2.46. The van der Waals surface area contributed by atoms with Crippen LogP contribution in [-0.4, -0.2) is 44.9 Å². The zero-order valence-electron chi connectivity index (χ0n) is 17.3. The summed E-state index contributed by atoms with van der Waals surface area (Å²) in [5.41, 5.74) is -3.73. The molecule has 1 aliphatic heterocycles. The Labute approximate surface area is 169 Å². The van der Waals surface area contributed by atoms with Gasteiger partial charge in [-0.05, 0) is 65.3 Å². The van der Waals surface area contributed by atoms with Gasteiger partial charge in [-0.25, -0.2) is 14.4 Å². The number of carbonyl (C=O) groups is 3. The number of carboxylic acid groups (broad SMARTS) is 1. The van der Waals surface area contributed by atoms with Crippen LogP contribution in [-0.2, 0) is 23.9 Å². The Hall–Kier alpha value is -2.87. The average molecular weight is 406 g/mol. The summed E-state index contributed by atoms with van der Waals surface area (Å²) in [5, 5.41) is 19.7. The molecule has 1 atom stereocenters. The van der Waals surface area contributed by atoms with Gasteiger partial charge in [-0.15, -0.1) is 0 Å². The van der Waals surface area contributed by atoms with Gasteiger partial charge < -0.3 is 24.4 Å². The van der Waals surface area contributed by atoms with Crippen LogP contribution in [0.4, 0.5) is 0 Å². The molecule has 1 heterocycles. The average Bonchev–Trinajstić information content (AvgIpc) is 2.83. The molecule has 2 N–H and O–H groups in total. The second-order valence-corrected chi connectivity index (χ2v) is 8.71. The highest BCUT2D eigenvalue weighted by molar-refractivity contribution is 6.06. The first-order chi connectivity index (χ1) is 13.2. The molecular weight excluding hydrogens is 380 g/mol. The molecule has 0 fully saturated rings. The van der Waals surface area contributed by atoms with E-state index >= 15 is 0 Å². The van der Waals surface area contributed by atoms with Crippen LogP contribution < -0.4 is 4.74 Å². The van der Waals surface area contributed by atoms with Crippen LogP contribution in [0.25, 0.3) is 6.08 Å². The molecule has 8 heteroatoms. The Morgan fingerprint density at radius 2 is 1.55 bits per heavy atom. The lowest BCUT2D eigenvalue weighted by molar-refractivity contribution is -0.200. The molecule has 0 spiro atoms. The Balaban J connectivity index is 2.52. The van der Waals surface area contributed by atoms with Crippen molar-refractivity contribution in [1.82, 2.24) is 0 Å². The van der Waals surface area contributed by atoms with E-state index in [9.17, 15) is 19.5 Å². The summed E-state index contributed by atoms with van der Waals surface area (Å²) in [6.07, 6.45) is 0.537. The standard InChI is InChI=1S/C21H26O8/c1-19(2,3)28-17(25)21(18(26)29-20(4,5)6)16(24)13-11-12(8-10-15(22)23)7-9-14(13)27-21/h7-11,16,24H,1-6H3,(H,22,23). The van der Waals surface area contributed by atoms with Crippen LogP contribution in [0.5, 0.6) is 5.75 Å². The number of benzene rings is 1. The van der Waals surface area contributed by atoms with Crippen molar-refractivity contribution in [2.24, 2.45) is 0 Å². The van der Waals surface area contributed by atoms with Crippen molar-refractivity contribution in [3.63, 3.8) is 0 Å². The molecule has 0 aromatic heterocycles. The van der Waals surface area contributed by atoms with E-state index in [0.717, 1.165) is 6.08 Å². The first-order valence-electron chi connectivity index (χ1n) is 9.04. The van der Waals surface area contributed by atoms with Crippen LogP contribution >= 0.6 is 0 Å². The Morgan fingerprint density at radius 1 is 1.03 bits per heavy atom. The van der Waals surface area contributed by atoms with Crippen LogP contribution in [0.3, 0.4) is 0 Å². The van der Waals surface area contributed by atoms with Crippen molar-refractivity contribution in [3.05, 3.63) is 35.4 Å². The van der Waals surface area contributed by atoms with Gasteiger partial charge in [0.1, 0.15) is 23.1 Å². The molecule has 2 rings (SSSR count). The van der Waals surface area contributed by atoms with Gasteiger partial charge in [0.2, 0.25) is 0 Å². The van der Waals surface area contributed by atoms with Crippen LogP contribution in [0.1, 0.15) is 58.8 Å². The smallest absolute Gasteiger partial charge is 0.366 e. The highest BCUT2D eigenvalue weighted by Gasteiger charge is 2.64. The van der Waals surface area contributed by atoms with Gasteiger partial charge in [0, 0.05) is 11.6 Å². The number of ether oxygens (including phenoxy) is 3. The number of aliphatic hydroxyl groups excluding tert-OH is 1. The molecule has 1 aromatic rings. The predicted octanol–water partition coefficient (Wildman–Crippen LogP) is 2.63. The molecule has 0 radical (unpaired) electrons. The van der Waals surface area contributed by atoms with Crippen LogP contribution in [0, 0.1) is 0 Å². The van der Waals surface area contributed by atoms with Crippen molar-refractivity contribution in [3.8, 4) is 5.75 Å². The largest absolute Gasteiger partial charge is 0.478 e. The fourth-order valence-corrected chi connectivity index (χ4v) is 2.69. The van der Waals surface area contributed by atoms with E-state index in [-0.39, 0.29) is 11.3 Å². The molecule has 158 valence electrons. The van der Waals surface area contributed by atoms with E-state index in [0.29, 0.717) is 5.56 Å². The van der Waals surface area contributed by atoms with E-state index in [1.807, 2.05) is 0 Å². The van der Waals surface area contributed by atoms with Crippen molar-refractivity contribution in [2.75, 3.05) is 0 Å². The number of esters is 2. The number of carbonyl (C=O) groups excluding carboxylic acids is 2. The van der Waals surface area contributed by atoms with Crippen molar-refractivity contribution in [1.29, 1.82) is 0 Å². The number of rotatable bonds is 4. The van der Waals surface area contributed by atoms with Crippen LogP contribution in [0.15, 0.2) is 24.3 Å². The van der Waals surface area contributed by atoms with Gasteiger partial charge in [-0.1, -0.05) is 6.07 Å². The van der Waals surface area contributed by atoms with Crippen molar-refractivity contribution in [2.45, 2.75) is 64.4 Å². The van der Waals surface area contributed by atoms with E-state index in [2.05, 4.69) is 0 Å². The van der Waals surface area contributed by atoms with E-state index < -0.39 is 40.8 Å². The zero-order chi connectivity index (χ0) is 22.2. The number of hydrogen-bond acceptors (Lipinski definition) is 7. The minimum atomic E-state index is -2.43. The van der Waals surface area contributed by atoms with E-state index in [4.69, 9.17) is 19.3 Å². The quantitative estimate of drug-likeness (QED) is 0.445. The third-order valence-electron chi connectivity index (χ3n) is 3.81. The zero-order valence-corrected chi connectivity index (χ0v) is 17.3. The Morgan fingerprint density at radius 3 is 2.00 bits per heavy atom. The number of fused-ring (bicyclic) bond motifs is 1. The Kier molecular flexibility index (Phi) is 5.81. The first kappa shape index (κ1) is 22.4. The SMILES string of the molecule is CC(C)(C)OC(=O)C1(C(=O)OC(C)(C)C)Oc2ccc(C=CC(=O)O)cc2C1O. The normalized spacial score (nSPS) is 18.1. The maximum absolute atomic E-state index is 13.0. The van der Waals surface area contributed by atoms with Crippen LogP contribution in [0.2, 0.25) is 0 Å². The third kappa shape index (κ3) is 4.95. The van der Waals surface area contributed by atoms with Gasteiger partial charge in [0.05, 0.1) is 0 Å². The molecular formula is C21H26O8. The van der Waals surface area contributed by atoms with Crippen molar-refractivity contribution < 1.29 is 38.8 Å². The van der Waals surface area contributed by atoms with Gasteiger partial charge in [0.15, 0.2) is 0 Å². The molecule has 8 nitrogen and oxygen atoms in total. The van der Waals surface area contributed by atoms with Gasteiger partial charge >= 0.3 is 23.5 Å². The second-order valence-electron chi connectivity index (χ2n) is 8.71. The molecule has 0 saturated carbocycles.